The van der Waals surface area contributed by atoms with Gasteiger partial charge in [0.15, 0.2) is 6.29 Å². The van der Waals surface area contributed by atoms with E-state index in [9.17, 15) is 4.79 Å². The lowest BCUT2D eigenvalue weighted by atomic mass is 10.0. The molecule has 98 valence electrons. The average molecular weight is 275 g/mol. The summed E-state index contributed by atoms with van der Waals surface area (Å²) in [5.74, 6) is 0.154. The number of carbonyl (C=O) groups excluding carboxylic acids is 1. The molecule has 19 heavy (non-hydrogen) atoms. The first-order valence-electron chi connectivity index (χ1n) is 6.08. The van der Waals surface area contributed by atoms with E-state index in [0.717, 1.165) is 24.1 Å². The third-order valence-corrected chi connectivity index (χ3v) is 3.31. The maximum atomic E-state index is 11.2. The molecular weight excluding hydrogens is 260 g/mol. The van der Waals surface area contributed by atoms with Crippen LogP contribution in [0.15, 0.2) is 43.1 Å². The van der Waals surface area contributed by atoms with Crippen LogP contribution in [-0.4, -0.2) is 16.1 Å². The summed E-state index contributed by atoms with van der Waals surface area (Å²) in [6.45, 7) is 5.74. The highest BCUT2D eigenvalue weighted by Crippen LogP contribution is 2.25. The van der Waals surface area contributed by atoms with Crippen LogP contribution in [-0.2, 0) is 0 Å². The summed E-state index contributed by atoms with van der Waals surface area (Å²) in [6.07, 6.45) is 5.15. The number of aldehydes is 1. The molecule has 1 atom stereocenters. The third kappa shape index (κ3) is 2.76. The molecule has 0 fully saturated rings. The quantitative estimate of drug-likeness (QED) is 0.610. The van der Waals surface area contributed by atoms with Crippen molar-refractivity contribution in [3.63, 3.8) is 0 Å². The van der Waals surface area contributed by atoms with Gasteiger partial charge >= 0.3 is 0 Å². The molecular formula is C15H15ClN2O. The number of carbonyl (C=O) groups is 1. The Labute approximate surface area is 117 Å². The van der Waals surface area contributed by atoms with Crippen molar-refractivity contribution in [1.29, 1.82) is 0 Å². The van der Waals surface area contributed by atoms with Crippen molar-refractivity contribution in [3.05, 3.63) is 59.4 Å². The second-order valence-electron chi connectivity index (χ2n) is 4.41. The maximum absolute atomic E-state index is 11.2. The molecule has 0 aliphatic rings. The minimum absolute atomic E-state index is 0.154. The van der Waals surface area contributed by atoms with Crippen LogP contribution in [0.4, 0.5) is 0 Å². The molecule has 0 radical (unpaired) electrons. The third-order valence-electron chi connectivity index (χ3n) is 2.99. The van der Waals surface area contributed by atoms with Crippen LogP contribution in [0.3, 0.4) is 0 Å². The molecule has 1 aromatic heterocycles. The Morgan fingerprint density at radius 3 is 2.84 bits per heavy atom. The minimum atomic E-state index is 0.154. The highest BCUT2D eigenvalue weighted by molar-refractivity contribution is 6.32. The SMILES string of the molecule is C=CCC(C)c1nn(-c2ccccc2Cl)cc1C=O. The Balaban J connectivity index is 2.47. The van der Waals surface area contributed by atoms with E-state index in [1.165, 1.54) is 0 Å². The molecule has 0 aliphatic heterocycles. The molecule has 1 heterocycles. The molecule has 2 aromatic rings. The van der Waals surface area contributed by atoms with E-state index in [4.69, 9.17) is 11.6 Å². The summed E-state index contributed by atoms with van der Waals surface area (Å²) in [4.78, 5) is 11.2. The van der Waals surface area contributed by atoms with Crippen LogP contribution in [0.2, 0.25) is 5.02 Å². The second-order valence-corrected chi connectivity index (χ2v) is 4.82. The lowest BCUT2D eigenvalue weighted by molar-refractivity contribution is 0.112. The number of aromatic nitrogens is 2. The van der Waals surface area contributed by atoms with Crippen LogP contribution in [0, 0.1) is 0 Å². The van der Waals surface area contributed by atoms with Crippen molar-refractivity contribution < 1.29 is 4.79 Å². The van der Waals surface area contributed by atoms with Crippen molar-refractivity contribution >= 4 is 17.9 Å². The number of hydrogen-bond donors (Lipinski definition) is 0. The predicted molar refractivity (Wildman–Crippen MR) is 77.2 cm³/mol. The number of para-hydroxylation sites is 1. The summed E-state index contributed by atoms with van der Waals surface area (Å²) in [5.41, 5.74) is 2.13. The van der Waals surface area contributed by atoms with Crippen LogP contribution in [0.5, 0.6) is 0 Å². The smallest absolute Gasteiger partial charge is 0.153 e. The Bertz CT molecular complexity index is 604. The van der Waals surface area contributed by atoms with Crippen LogP contribution >= 0.6 is 11.6 Å². The van der Waals surface area contributed by atoms with Crippen molar-refractivity contribution in [2.24, 2.45) is 0 Å². The van der Waals surface area contributed by atoms with Gasteiger partial charge in [-0.2, -0.15) is 5.10 Å². The molecule has 0 saturated carbocycles. The molecule has 0 amide bonds. The van der Waals surface area contributed by atoms with Gasteiger partial charge in [0.25, 0.3) is 0 Å². The lowest BCUT2D eigenvalue weighted by Crippen LogP contribution is -2.00. The maximum Gasteiger partial charge on any atom is 0.153 e. The van der Waals surface area contributed by atoms with Gasteiger partial charge in [0.05, 0.1) is 22.0 Å². The Morgan fingerprint density at radius 1 is 1.47 bits per heavy atom. The number of allylic oxidation sites excluding steroid dienone is 1. The molecule has 0 bridgehead atoms. The molecule has 0 spiro atoms. The fraction of sp³-hybridized carbons (Fsp3) is 0.200. The van der Waals surface area contributed by atoms with Gasteiger partial charge in [0, 0.05) is 12.1 Å². The molecule has 0 aliphatic carbocycles. The van der Waals surface area contributed by atoms with Gasteiger partial charge in [0.2, 0.25) is 0 Å². The highest BCUT2D eigenvalue weighted by Gasteiger charge is 2.15. The Morgan fingerprint density at radius 2 is 2.21 bits per heavy atom. The van der Waals surface area contributed by atoms with Gasteiger partial charge in [0.1, 0.15) is 0 Å². The Hall–Kier alpha value is -1.87. The van der Waals surface area contributed by atoms with Gasteiger partial charge in [-0.15, -0.1) is 6.58 Å². The fourth-order valence-electron chi connectivity index (χ4n) is 2.00. The van der Waals surface area contributed by atoms with Crippen LogP contribution < -0.4 is 0 Å². The molecule has 1 aromatic carbocycles. The van der Waals surface area contributed by atoms with Crippen molar-refractivity contribution in [2.75, 3.05) is 0 Å². The van der Waals surface area contributed by atoms with Crippen LogP contribution in [0.25, 0.3) is 5.69 Å². The zero-order valence-electron chi connectivity index (χ0n) is 10.7. The van der Waals surface area contributed by atoms with E-state index in [-0.39, 0.29) is 5.92 Å². The van der Waals surface area contributed by atoms with Gasteiger partial charge in [-0.05, 0) is 18.6 Å². The minimum Gasteiger partial charge on any atom is -0.298 e. The largest absolute Gasteiger partial charge is 0.298 e. The predicted octanol–water partition coefficient (Wildman–Crippen LogP) is 4.02. The zero-order valence-corrected chi connectivity index (χ0v) is 11.5. The van der Waals surface area contributed by atoms with E-state index in [1.807, 2.05) is 31.2 Å². The molecule has 4 heteroatoms. The number of hydrogen-bond acceptors (Lipinski definition) is 2. The van der Waals surface area contributed by atoms with Crippen LogP contribution in [0.1, 0.15) is 35.3 Å². The van der Waals surface area contributed by atoms with Crippen molar-refractivity contribution in [1.82, 2.24) is 9.78 Å². The second kappa shape index (κ2) is 5.85. The Kier molecular flexibility index (Phi) is 4.17. The lowest BCUT2D eigenvalue weighted by Gasteiger charge is -2.06. The number of halogens is 1. The van der Waals surface area contributed by atoms with E-state index >= 15 is 0 Å². The normalized spacial score (nSPS) is 12.1. The zero-order chi connectivity index (χ0) is 13.8. The van der Waals surface area contributed by atoms with Gasteiger partial charge in [-0.1, -0.05) is 36.7 Å². The summed E-state index contributed by atoms with van der Waals surface area (Å²) in [5, 5.41) is 5.09. The van der Waals surface area contributed by atoms with E-state index in [0.29, 0.717) is 10.6 Å². The van der Waals surface area contributed by atoms with Crippen molar-refractivity contribution in [3.8, 4) is 5.69 Å². The molecule has 1 unspecified atom stereocenters. The fourth-order valence-corrected chi connectivity index (χ4v) is 2.22. The first kappa shape index (κ1) is 13.6. The van der Waals surface area contributed by atoms with E-state index in [2.05, 4.69) is 11.7 Å². The molecule has 0 saturated heterocycles. The van der Waals surface area contributed by atoms with E-state index < -0.39 is 0 Å². The summed E-state index contributed by atoms with van der Waals surface area (Å²) in [6, 6.07) is 7.41. The number of nitrogens with zero attached hydrogens (tertiary/aromatic N) is 2. The summed E-state index contributed by atoms with van der Waals surface area (Å²) >= 11 is 6.14. The molecule has 2 rings (SSSR count). The van der Waals surface area contributed by atoms with Gasteiger partial charge < -0.3 is 0 Å². The molecule has 3 nitrogen and oxygen atoms in total. The summed E-state index contributed by atoms with van der Waals surface area (Å²) < 4.78 is 1.65. The number of benzene rings is 1. The highest BCUT2D eigenvalue weighted by atomic mass is 35.5. The first-order chi connectivity index (χ1) is 9.17. The molecule has 0 N–H and O–H groups in total. The van der Waals surface area contributed by atoms with Crippen molar-refractivity contribution in [2.45, 2.75) is 19.3 Å². The summed E-state index contributed by atoms with van der Waals surface area (Å²) in [7, 11) is 0. The van der Waals surface area contributed by atoms with E-state index in [1.54, 1.807) is 16.9 Å². The standard InChI is InChI=1S/C15H15ClN2O/c1-3-6-11(2)15-12(10-19)9-18(17-15)14-8-5-4-7-13(14)16/h3-5,7-11H,1,6H2,2H3. The first-order valence-corrected chi connectivity index (χ1v) is 6.45. The van der Waals surface area contributed by atoms with Gasteiger partial charge in [-0.3, -0.25) is 4.79 Å². The topological polar surface area (TPSA) is 34.9 Å². The van der Waals surface area contributed by atoms with Gasteiger partial charge in [-0.25, -0.2) is 4.68 Å². The monoisotopic (exact) mass is 274 g/mol. The average Bonchev–Trinajstić information content (AvgIpc) is 2.83. The number of rotatable bonds is 5.